The minimum atomic E-state index is -0.259. The van der Waals surface area contributed by atoms with Gasteiger partial charge in [-0.1, -0.05) is 111 Å². The van der Waals surface area contributed by atoms with Gasteiger partial charge in [-0.3, -0.25) is 15.1 Å². The van der Waals surface area contributed by atoms with Crippen molar-refractivity contribution in [3.05, 3.63) is 53.9 Å². The number of nitrogens with one attached hydrogen (secondary N) is 1. The molecule has 3 rings (SSSR count). The molecule has 0 saturated heterocycles. The molecule has 0 aromatic carbocycles. The maximum absolute atomic E-state index is 5.05. The minimum absolute atomic E-state index is 0.256. The Morgan fingerprint density at radius 3 is 1.41 bits per heavy atom. The molecule has 0 atom stereocenters. The van der Waals surface area contributed by atoms with Gasteiger partial charge in [0.15, 0.2) is 0 Å². The van der Waals surface area contributed by atoms with E-state index in [1.165, 1.54) is 0 Å². The number of hydrogen-bond donors (Lipinski definition) is 1. The first-order valence-electron chi connectivity index (χ1n) is 13.4. The second-order valence-electron chi connectivity index (χ2n) is 14.1. The van der Waals surface area contributed by atoms with Crippen LogP contribution < -0.4 is 0 Å². The van der Waals surface area contributed by atoms with Gasteiger partial charge in [-0.2, -0.15) is 5.10 Å². The molecule has 37 heavy (non-hydrogen) atoms. The molecular formula is C31H48N4P2. The van der Waals surface area contributed by atoms with Gasteiger partial charge in [0.2, 0.25) is 0 Å². The van der Waals surface area contributed by atoms with Crippen LogP contribution in [0.2, 0.25) is 0 Å². The summed E-state index contributed by atoms with van der Waals surface area (Å²) < 4.78 is 0. The molecule has 0 saturated carbocycles. The van der Waals surface area contributed by atoms with E-state index in [1.54, 1.807) is 0 Å². The average Bonchev–Trinajstić information content (AvgIpc) is 3.24. The second-order valence-corrected chi connectivity index (χ2v) is 21.8. The second kappa shape index (κ2) is 10.9. The summed E-state index contributed by atoms with van der Waals surface area (Å²) in [5, 5.41) is 8.92. The van der Waals surface area contributed by atoms with Gasteiger partial charge in [-0.05, 0) is 51.0 Å². The van der Waals surface area contributed by atoms with E-state index in [0.717, 1.165) is 46.5 Å². The predicted octanol–water partition coefficient (Wildman–Crippen LogP) is 9.69. The summed E-state index contributed by atoms with van der Waals surface area (Å²) in [5.74, 6) is 0. The van der Waals surface area contributed by atoms with Crippen LogP contribution in [-0.2, 0) is 12.3 Å². The van der Waals surface area contributed by atoms with E-state index < -0.39 is 0 Å². The molecule has 0 unspecified atom stereocenters. The zero-order valence-corrected chi connectivity index (χ0v) is 27.0. The number of aromatic nitrogens is 4. The highest BCUT2D eigenvalue weighted by atomic mass is 31.1. The summed E-state index contributed by atoms with van der Waals surface area (Å²) in [4.78, 5) is 10.1. The van der Waals surface area contributed by atoms with E-state index in [-0.39, 0.29) is 36.5 Å². The van der Waals surface area contributed by atoms with Crippen LogP contribution in [0.5, 0.6) is 0 Å². The van der Waals surface area contributed by atoms with Crippen LogP contribution in [0.25, 0.3) is 22.8 Å². The van der Waals surface area contributed by atoms with Crippen LogP contribution >= 0.6 is 15.8 Å². The lowest BCUT2D eigenvalue weighted by Crippen LogP contribution is -2.26. The Morgan fingerprint density at radius 2 is 0.973 bits per heavy atom. The highest BCUT2D eigenvalue weighted by Gasteiger charge is 2.35. The fraction of sp³-hybridized carbons (Fsp3) is 0.581. The molecule has 3 aromatic rings. The van der Waals surface area contributed by atoms with Gasteiger partial charge in [-0.15, -0.1) is 0 Å². The number of hydrogen-bond acceptors (Lipinski definition) is 3. The molecule has 0 bridgehead atoms. The molecule has 3 aromatic heterocycles. The van der Waals surface area contributed by atoms with Gasteiger partial charge < -0.3 is 0 Å². The first-order chi connectivity index (χ1) is 16.9. The number of aromatic amines is 1. The van der Waals surface area contributed by atoms with Gasteiger partial charge in [0.25, 0.3) is 0 Å². The summed E-state index contributed by atoms with van der Waals surface area (Å²) in [5.41, 5.74) is 5.96. The minimum Gasteiger partial charge on any atom is -0.276 e. The molecule has 3 heterocycles. The van der Waals surface area contributed by atoms with Crippen molar-refractivity contribution in [1.82, 2.24) is 20.2 Å². The summed E-state index contributed by atoms with van der Waals surface area (Å²) in [6.07, 6.45) is 2.03. The predicted molar refractivity (Wildman–Crippen MR) is 165 cm³/mol. The molecule has 0 radical (unpaired) electrons. The molecule has 0 aliphatic rings. The number of nitrogens with zero attached hydrogens (tertiary/aromatic N) is 3. The molecule has 6 heteroatoms. The molecule has 0 spiro atoms. The summed E-state index contributed by atoms with van der Waals surface area (Å²) in [6, 6.07) is 14.8. The van der Waals surface area contributed by atoms with E-state index >= 15 is 0 Å². The molecular weight excluding hydrogens is 490 g/mol. The lowest BCUT2D eigenvalue weighted by Gasteiger charge is -2.41. The van der Waals surface area contributed by atoms with Crippen molar-refractivity contribution in [2.24, 2.45) is 0 Å². The highest BCUT2D eigenvalue weighted by Crippen LogP contribution is 2.62. The van der Waals surface area contributed by atoms with Crippen LogP contribution in [0, 0.1) is 0 Å². The maximum Gasteiger partial charge on any atom is 0.111 e. The van der Waals surface area contributed by atoms with Crippen LogP contribution in [0.15, 0.2) is 42.5 Å². The fourth-order valence-corrected chi connectivity index (χ4v) is 12.2. The topological polar surface area (TPSA) is 54.5 Å². The van der Waals surface area contributed by atoms with E-state index in [1.807, 2.05) is 0 Å². The normalized spacial score (nSPS) is 13.6. The van der Waals surface area contributed by atoms with E-state index in [9.17, 15) is 0 Å². The molecule has 0 amide bonds. The van der Waals surface area contributed by atoms with Crippen LogP contribution in [-0.4, -0.2) is 40.8 Å². The fourth-order valence-electron chi connectivity index (χ4n) is 5.30. The van der Waals surface area contributed by atoms with Crippen LogP contribution in [0.4, 0.5) is 0 Å². The summed E-state index contributed by atoms with van der Waals surface area (Å²) in [6.45, 7) is 28.4. The van der Waals surface area contributed by atoms with Gasteiger partial charge in [0.05, 0.1) is 17.1 Å². The third kappa shape index (κ3) is 7.93. The van der Waals surface area contributed by atoms with Crippen LogP contribution in [0.1, 0.15) is 94.5 Å². The van der Waals surface area contributed by atoms with Gasteiger partial charge in [-0.25, -0.2) is 0 Å². The Hall–Kier alpha value is -1.63. The molecule has 0 fully saturated rings. The van der Waals surface area contributed by atoms with Crippen molar-refractivity contribution in [3.8, 4) is 22.8 Å². The number of pyridine rings is 2. The van der Waals surface area contributed by atoms with Crippen molar-refractivity contribution in [2.45, 2.75) is 116 Å². The third-order valence-electron chi connectivity index (χ3n) is 6.61. The maximum atomic E-state index is 5.05. The van der Waals surface area contributed by atoms with E-state index in [0.29, 0.717) is 0 Å². The number of H-pyrrole nitrogens is 1. The van der Waals surface area contributed by atoms with Crippen molar-refractivity contribution in [3.63, 3.8) is 0 Å². The Morgan fingerprint density at radius 1 is 0.568 bits per heavy atom. The van der Waals surface area contributed by atoms with Gasteiger partial charge in [0, 0.05) is 23.7 Å². The first-order valence-corrected chi connectivity index (χ1v) is 16.4. The SMILES string of the molecule is CC(C)(C)P(Cc1cccc(-c2cc(-c3cccc(CP(C(C)(C)C)C(C)(C)C)n3)[nH]n2)n1)C(C)(C)C. The molecule has 0 aliphatic heterocycles. The quantitative estimate of drug-likeness (QED) is 0.318. The Balaban J connectivity index is 1.86. The monoisotopic (exact) mass is 538 g/mol. The summed E-state index contributed by atoms with van der Waals surface area (Å²) in [7, 11) is -0.515. The Kier molecular flexibility index (Phi) is 8.78. The third-order valence-corrected chi connectivity index (χ3v) is 14.4. The van der Waals surface area contributed by atoms with E-state index in [2.05, 4.69) is 136 Å². The zero-order valence-electron chi connectivity index (χ0n) is 25.2. The standard InChI is InChI=1S/C31H48N4P2/c1-28(2,3)36(29(4,5)6)20-22-15-13-17-24(32-22)26-19-27(35-34-26)25-18-14-16-23(33-25)21-37(30(7,8)9)31(10,11)12/h13-19H,20-21H2,1-12H3,(H,34,35). The lowest BCUT2D eigenvalue weighted by molar-refractivity contribution is 0.701. The van der Waals surface area contributed by atoms with Crippen molar-refractivity contribution in [2.75, 3.05) is 0 Å². The molecule has 4 nitrogen and oxygen atoms in total. The highest BCUT2D eigenvalue weighted by molar-refractivity contribution is 7.60. The van der Waals surface area contributed by atoms with E-state index in [4.69, 9.17) is 9.97 Å². The van der Waals surface area contributed by atoms with Crippen molar-refractivity contribution >= 4 is 15.8 Å². The smallest absolute Gasteiger partial charge is 0.111 e. The lowest BCUT2D eigenvalue weighted by atomic mass is 10.2. The zero-order chi connectivity index (χ0) is 27.8. The van der Waals surface area contributed by atoms with Crippen molar-refractivity contribution in [1.29, 1.82) is 0 Å². The first kappa shape index (κ1) is 29.9. The Bertz CT molecular complexity index is 1070. The largest absolute Gasteiger partial charge is 0.276 e. The van der Waals surface area contributed by atoms with Crippen molar-refractivity contribution < 1.29 is 0 Å². The number of rotatable bonds is 6. The average molecular weight is 539 g/mol. The molecule has 202 valence electrons. The van der Waals surface area contributed by atoms with Crippen LogP contribution in [0.3, 0.4) is 0 Å². The van der Waals surface area contributed by atoms with Gasteiger partial charge in [0.1, 0.15) is 5.69 Å². The molecule has 0 aliphatic carbocycles. The van der Waals surface area contributed by atoms with Gasteiger partial charge >= 0.3 is 0 Å². The molecule has 1 N–H and O–H groups in total. The Labute approximate surface area is 228 Å². The summed E-state index contributed by atoms with van der Waals surface area (Å²) >= 11 is 0.